The van der Waals surface area contributed by atoms with Gasteiger partial charge in [-0.2, -0.15) is 0 Å². The third-order valence-corrected chi connectivity index (χ3v) is 4.22. The van der Waals surface area contributed by atoms with Crippen molar-refractivity contribution in [3.63, 3.8) is 0 Å². The predicted molar refractivity (Wildman–Crippen MR) is 85.1 cm³/mol. The van der Waals surface area contributed by atoms with Gasteiger partial charge < -0.3 is 4.74 Å². The monoisotopic (exact) mass is 352 g/mol. The highest BCUT2D eigenvalue weighted by atomic mass is 79.9. The Hall–Kier alpha value is -1.16. The highest BCUT2D eigenvalue weighted by molar-refractivity contribution is 9.10. The zero-order valence-electron chi connectivity index (χ0n) is 12.7. The minimum Gasteiger partial charge on any atom is -0.460 e. The Kier molecular flexibility index (Phi) is 4.87. The first-order chi connectivity index (χ1) is 9.78. The summed E-state index contributed by atoms with van der Waals surface area (Å²) in [5.74, 6) is -0.743. The minimum atomic E-state index is -0.509. The number of hydrogen-bond donors (Lipinski definition) is 0. The summed E-state index contributed by atoms with van der Waals surface area (Å²) in [4.78, 5) is 24.9. The van der Waals surface area contributed by atoms with Gasteiger partial charge in [-0.1, -0.05) is 34.5 Å². The molecule has 0 unspecified atom stereocenters. The minimum absolute atomic E-state index is 0.0517. The van der Waals surface area contributed by atoms with E-state index in [2.05, 4.69) is 15.9 Å². The van der Waals surface area contributed by atoms with Crippen LogP contribution in [0.3, 0.4) is 0 Å². The molecule has 4 heteroatoms. The van der Waals surface area contributed by atoms with Gasteiger partial charge in [0, 0.05) is 16.0 Å². The maximum atomic E-state index is 12.6. The molecule has 0 saturated heterocycles. The number of benzene rings is 1. The molecule has 0 heterocycles. The summed E-state index contributed by atoms with van der Waals surface area (Å²) in [7, 11) is 0. The van der Waals surface area contributed by atoms with E-state index in [0.29, 0.717) is 5.56 Å². The van der Waals surface area contributed by atoms with E-state index in [1.807, 2.05) is 32.9 Å². The summed E-state index contributed by atoms with van der Waals surface area (Å²) in [6, 6.07) is 7.31. The zero-order valence-corrected chi connectivity index (χ0v) is 14.3. The van der Waals surface area contributed by atoms with Crippen LogP contribution in [0.25, 0.3) is 0 Å². The highest BCUT2D eigenvalue weighted by Gasteiger charge is 2.40. The average Bonchev–Trinajstić information content (AvgIpc) is 2.86. The first kappa shape index (κ1) is 16.2. The van der Waals surface area contributed by atoms with E-state index < -0.39 is 5.60 Å². The fourth-order valence-electron chi connectivity index (χ4n) is 2.76. The summed E-state index contributed by atoms with van der Waals surface area (Å²) in [5, 5.41) is 0. The lowest BCUT2D eigenvalue weighted by molar-refractivity contribution is -0.160. The third-order valence-electron chi connectivity index (χ3n) is 3.69. The van der Waals surface area contributed by atoms with Crippen LogP contribution in [0.2, 0.25) is 0 Å². The van der Waals surface area contributed by atoms with Crippen molar-refractivity contribution in [2.75, 3.05) is 0 Å². The second-order valence-electron chi connectivity index (χ2n) is 6.55. The molecule has 0 bridgehead atoms. The maximum Gasteiger partial charge on any atom is 0.310 e. The molecule has 21 heavy (non-hydrogen) atoms. The Bertz CT molecular complexity index is 528. The normalized spacial score (nSPS) is 22.1. The molecule has 114 valence electrons. The molecule has 1 aromatic rings. The Morgan fingerprint density at radius 1 is 1.10 bits per heavy atom. The van der Waals surface area contributed by atoms with E-state index in [1.54, 1.807) is 12.1 Å². The van der Waals surface area contributed by atoms with Gasteiger partial charge in [0.1, 0.15) is 5.60 Å². The number of carbonyl (C=O) groups is 2. The summed E-state index contributed by atoms with van der Waals surface area (Å²) in [6.45, 7) is 5.56. The quantitative estimate of drug-likeness (QED) is 0.598. The van der Waals surface area contributed by atoms with Gasteiger partial charge in [0.05, 0.1) is 5.92 Å². The highest BCUT2D eigenvalue weighted by Crippen LogP contribution is 2.36. The van der Waals surface area contributed by atoms with Gasteiger partial charge in [-0.3, -0.25) is 9.59 Å². The second kappa shape index (κ2) is 6.30. The number of rotatable bonds is 3. The first-order valence-corrected chi connectivity index (χ1v) is 8.10. The SMILES string of the molecule is CC(C)(C)OC(=O)[C@@H]1CCC[C@H]1C(=O)c1ccc(Br)cc1. The fourth-order valence-corrected chi connectivity index (χ4v) is 3.03. The van der Waals surface area contributed by atoms with Crippen molar-refractivity contribution in [1.82, 2.24) is 0 Å². The van der Waals surface area contributed by atoms with E-state index >= 15 is 0 Å². The lowest BCUT2D eigenvalue weighted by Crippen LogP contribution is -2.32. The van der Waals surface area contributed by atoms with Gasteiger partial charge in [-0.05, 0) is 45.7 Å². The molecule has 0 aromatic heterocycles. The van der Waals surface area contributed by atoms with E-state index in [9.17, 15) is 9.59 Å². The van der Waals surface area contributed by atoms with E-state index in [0.717, 1.165) is 23.7 Å². The number of Topliss-reactive ketones (excluding diaryl/α,β-unsaturated/α-hetero) is 1. The van der Waals surface area contributed by atoms with Crippen molar-refractivity contribution < 1.29 is 14.3 Å². The Labute approximate surface area is 134 Å². The molecule has 1 aliphatic rings. The summed E-state index contributed by atoms with van der Waals surface area (Å²) >= 11 is 3.36. The lowest BCUT2D eigenvalue weighted by atomic mass is 9.88. The summed E-state index contributed by atoms with van der Waals surface area (Å²) in [5.41, 5.74) is 0.156. The van der Waals surface area contributed by atoms with Gasteiger partial charge in [0.25, 0.3) is 0 Å². The number of ketones is 1. The molecule has 2 atom stereocenters. The van der Waals surface area contributed by atoms with E-state index in [-0.39, 0.29) is 23.6 Å². The van der Waals surface area contributed by atoms with Crippen molar-refractivity contribution in [2.45, 2.75) is 45.6 Å². The molecular formula is C17H21BrO3. The van der Waals surface area contributed by atoms with Gasteiger partial charge in [-0.25, -0.2) is 0 Å². The van der Waals surface area contributed by atoms with Crippen molar-refractivity contribution in [3.05, 3.63) is 34.3 Å². The molecule has 1 aromatic carbocycles. The predicted octanol–water partition coefficient (Wildman–Crippen LogP) is 4.39. The number of carbonyl (C=O) groups excluding carboxylic acids is 2. The van der Waals surface area contributed by atoms with Crippen LogP contribution in [0.4, 0.5) is 0 Å². The molecule has 0 radical (unpaired) electrons. The molecule has 0 amide bonds. The standard InChI is InChI=1S/C17H21BrO3/c1-17(2,3)21-16(20)14-6-4-5-13(14)15(19)11-7-9-12(18)10-8-11/h7-10,13-14H,4-6H2,1-3H3/t13-,14-/m1/s1. The first-order valence-electron chi connectivity index (χ1n) is 7.30. The molecule has 1 aliphatic carbocycles. The molecule has 0 spiro atoms. The van der Waals surface area contributed by atoms with Gasteiger partial charge in [0.2, 0.25) is 0 Å². The molecule has 1 fully saturated rings. The third kappa shape index (κ3) is 4.16. The lowest BCUT2D eigenvalue weighted by Gasteiger charge is -2.24. The van der Waals surface area contributed by atoms with Crippen molar-refractivity contribution in [1.29, 1.82) is 0 Å². The van der Waals surface area contributed by atoms with Crippen LogP contribution in [0.5, 0.6) is 0 Å². The molecule has 3 nitrogen and oxygen atoms in total. The number of hydrogen-bond acceptors (Lipinski definition) is 3. The van der Waals surface area contributed by atoms with Gasteiger partial charge >= 0.3 is 5.97 Å². The smallest absolute Gasteiger partial charge is 0.310 e. The Balaban J connectivity index is 2.13. The van der Waals surface area contributed by atoms with E-state index in [1.165, 1.54) is 0 Å². The average molecular weight is 353 g/mol. The van der Waals surface area contributed by atoms with Crippen LogP contribution < -0.4 is 0 Å². The number of esters is 1. The Morgan fingerprint density at radius 2 is 1.67 bits per heavy atom. The molecule has 0 aliphatic heterocycles. The van der Waals surface area contributed by atoms with Crippen LogP contribution in [0, 0.1) is 11.8 Å². The number of halogens is 1. The maximum absolute atomic E-state index is 12.6. The van der Waals surface area contributed by atoms with E-state index in [4.69, 9.17) is 4.74 Å². The van der Waals surface area contributed by atoms with Crippen molar-refractivity contribution in [2.24, 2.45) is 11.8 Å². The van der Waals surface area contributed by atoms with Gasteiger partial charge in [0.15, 0.2) is 5.78 Å². The van der Waals surface area contributed by atoms with Crippen LogP contribution in [-0.2, 0) is 9.53 Å². The number of ether oxygens (including phenoxy) is 1. The Morgan fingerprint density at radius 3 is 2.24 bits per heavy atom. The molecule has 0 N–H and O–H groups in total. The van der Waals surface area contributed by atoms with Crippen LogP contribution in [0.1, 0.15) is 50.4 Å². The molecule has 2 rings (SSSR count). The second-order valence-corrected chi connectivity index (χ2v) is 7.46. The van der Waals surface area contributed by atoms with Crippen LogP contribution in [-0.4, -0.2) is 17.4 Å². The zero-order chi connectivity index (χ0) is 15.6. The summed E-state index contributed by atoms with van der Waals surface area (Å²) < 4.78 is 6.40. The van der Waals surface area contributed by atoms with Crippen LogP contribution in [0.15, 0.2) is 28.7 Å². The van der Waals surface area contributed by atoms with Crippen molar-refractivity contribution in [3.8, 4) is 0 Å². The fraction of sp³-hybridized carbons (Fsp3) is 0.529. The summed E-state index contributed by atoms with van der Waals surface area (Å²) in [6.07, 6.45) is 2.40. The largest absolute Gasteiger partial charge is 0.460 e. The molecular weight excluding hydrogens is 332 g/mol. The molecule has 1 saturated carbocycles. The topological polar surface area (TPSA) is 43.4 Å². The van der Waals surface area contributed by atoms with Crippen LogP contribution >= 0.6 is 15.9 Å². The van der Waals surface area contributed by atoms with Crippen molar-refractivity contribution >= 4 is 27.7 Å². The van der Waals surface area contributed by atoms with Gasteiger partial charge in [-0.15, -0.1) is 0 Å².